The highest BCUT2D eigenvalue weighted by atomic mass is 19.1. The SMILES string of the molecule is Cc1ccc(C(N)Cc2c(F)cccc2F)cc1. The fourth-order valence-corrected chi connectivity index (χ4v) is 1.88. The monoisotopic (exact) mass is 247 g/mol. The molecule has 2 aromatic carbocycles. The van der Waals surface area contributed by atoms with Crippen LogP contribution in [0.1, 0.15) is 22.7 Å². The van der Waals surface area contributed by atoms with Crippen molar-refractivity contribution in [2.24, 2.45) is 5.73 Å². The van der Waals surface area contributed by atoms with Crippen molar-refractivity contribution < 1.29 is 8.78 Å². The number of rotatable bonds is 3. The number of nitrogens with two attached hydrogens (primary N) is 1. The molecule has 0 aromatic heterocycles. The smallest absolute Gasteiger partial charge is 0.129 e. The fourth-order valence-electron chi connectivity index (χ4n) is 1.88. The van der Waals surface area contributed by atoms with Crippen molar-refractivity contribution in [2.45, 2.75) is 19.4 Å². The van der Waals surface area contributed by atoms with Gasteiger partial charge in [-0.05, 0) is 31.0 Å². The van der Waals surface area contributed by atoms with Crippen molar-refractivity contribution in [2.75, 3.05) is 0 Å². The molecule has 0 bridgehead atoms. The van der Waals surface area contributed by atoms with Crippen LogP contribution in [-0.2, 0) is 6.42 Å². The molecule has 1 unspecified atom stereocenters. The maximum Gasteiger partial charge on any atom is 0.129 e. The lowest BCUT2D eigenvalue weighted by Crippen LogP contribution is -2.15. The van der Waals surface area contributed by atoms with Crippen molar-refractivity contribution in [3.63, 3.8) is 0 Å². The molecule has 0 amide bonds. The number of hydrogen-bond acceptors (Lipinski definition) is 1. The van der Waals surface area contributed by atoms with E-state index in [4.69, 9.17) is 5.73 Å². The Morgan fingerprint density at radius 3 is 2.11 bits per heavy atom. The van der Waals surface area contributed by atoms with Gasteiger partial charge in [-0.3, -0.25) is 0 Å². The summed E-state index contributed by atoms with van der Waals surface area (Å²) in [5, 5.41) is 0. The van der Waals surface area contributed by atoms with E-state index < -0.39 is 17.7 Å². The minimum atomic E-state index is -0.544. The third kappa shape index (κ3) is 2.74. The van der Waals surface area contributed by atoms with Crippen LogP contribution in [0.5, 0.6) is 0 Å². The summed E-state index contributed by atoms with van der Waals surface area (Å²) in [6.07, 6.45) is 0.154. The summed E-state index contributed by atoms with van der Waals surface area (Å²) in [4.78, 5) is 0. The lowest BCUT2D eigenvalue weighted by molar-refractivity contribution is 0.540. The molecule has 94 valence electrons. The van der Waals surface area contributed by atoms with Crippen LogP contribution in [0.25, 0.3) is 0 Å². The minimum absolute atomic E-state index is 0.0468. The van der Waals surface area contributed by atoms with Crippen LogP contribution in [0.2, 0.25) is 0 Å². The summed E-state index contributed by atoms with van der Waals surface area (Å²) in [6, 6.07) is 11.1. The highest BCUT2D eigenvalue weighted by Crippen LogP contribution is 2.20. The molecule has 1 atom stereocenters. The fraction of sp³-hybridized carbons (Fsp3) is 0.200. The molecule has 0 fully saturated rings. The van der Waals surface area contributed by atoms with Gasteiger partial charge in [0.1, 0.15) is 11.6 Å². The van der Waals surface area contributed by atoms with E-state index in [-0.39, 0.29) is 12.0 Å². The van der Waals surface area contributed by atoms with E-state index in [0.29, 0.717) is 0 Å². The second-order valence-electron chi connectivity index (χ2n) is 4.42. The first-order valence-corrected chi connectivity index (χ1v) is 5.83. The van der Waals surface area contributed by atoms with Gasteiger partial charge in [0.25, 0.3) is 0 Å². The highest BCUT2D eigenvalue weighted by Gasteiger charge is 2.14. The summed E-state index contributed by atoms with van der Waals surface area (Å²) in [7, 11) is 0. The van der Waals surface area contributed by atoms with Crippen LogP contribution in [0.4, 0.5) is 8.78 Å². The van der Waals surface area contributed by atoms with Crippen molar-refractivity contribution in [1.82, 2.24) is 0 Å². The molecule has 18 heavy (non-hydrogen) atoms. The lowest BCUT2D eigenvalue weighted by atomic mass is 9.98. The minimum Gasteiger partial charge on any atom is -0.324 e. The van der Waals surface area contributed by atoms with Gasteiger partial charge in [0, 0.05) is 11.6 Å². The zero-order valence-electron chi connectivity index (χ0n) is 10.2. The van der Waals surface area contributed by atoms with Gasteiger partial charge in [-0.2, -0.15) is 0 Å². The van der Waals surface area contributed by atoms with E-state index in [0.717, 1.165) is 11.1 Å². The van der Waals surface area contributed by atoms with Gasteiger partial charge in [-0.15, -0.1) is 0 Å². The molecule has 0 aliphatic rings. The van der Waals surface area contributed by atoms with Gasteiger partial charge in [0.05, 0.1) is 0 Å². The van der Waals surface area contributed by atoms with Crippen molar-refractivity contribution >= 4 is 0 Å². The first-order chi connectivity index (χ1) is 8.58. The number of aryl methyl sites for hydroxylation is 1. The molecule has 2 aromatic rings. The predicted octanol–water partition coefficient (Wildman–Crippen LogP) is 3.52. The third-order valence-corrected chi connectivity index (χ3v) is 2.99. The normalized spacial score (nSPS) is 12.4. The van der Waals surface area contributed by atoms with Gasteiger partial charge in [-0.25, -0.2) is 8.78 Å². The van der Waals surface area contributed by atoms with Crippen LogP contribution in [0, 0.1) is 18.6 Å². The quantitative estimate of drug-likeness (QED) is 0.882. The Balaban J connectivity index is 2.21. The van der Waals surface area contributed by atoms with Crippen LogP contribution in [0.3, 0.4) is 0 Å². The molecule has 0 aliphatic carbocycles. The topological polar surface area (TPSA) is 26.0 Å². The Labute approximate surface area is 105 Å². The van der Waals surface area contributed by atoms with E-state index in [2.05, 4.69) is 0 Å². The van der Waals surface area contributed by atoms with E-state index in [1.165, 1.54) is 18.2 Å². The summed E-state index contributed by atoms with van der Waals surface area (Å²) in [6.45, 7) is 1.98. The molecule has 0 spiro atoms. The maximum absolute atomic E-state index is 13.5. The Morgan fingerprint density at radius 1 is 1.00 bits per heavy atom. The summed E-state index contributed by atoms with van der Waals surface area (Å²) < 4.78 is 27.0. The van der Waals surface area contributed by atoms with Gasteiger partial charge >= 0.3 is 0 Å². The number of benzene rings is 2. The van der Waals surface area contributed by atoms with Gasteiger partial charge in [0.15, 0.2) is 0 Å². The maximum atomic E-state index is 13.5. The van der Waals surface area contributed by atoms with Crippen LogP contribution in [-0.4, -0.2) is 0 Å². The standard InChI is InChI=1S/C15H15F2N/c1-10-5-7-11(8-6-10)15(18)9-12-13(16)3-2-4-14(12)17/h2-8,15H,9,18H2,1H3. The molecule has 0 heterocycles. The average Bonchev–Trinajstić information content (AvgIpc) is 2.34. The molecule has 2 N–H and O–H groups in total. The van der Waals surface area contributed by atoms with Crippen molar-refractivity contribution in [1.29, 1.82) is 0 Å². The average molecular weight is 247 g/mol. The molecular formula is C15H15F2N. The summed E-state index contributed by atoms with van der Waals surface area (Å²) >= 11 is 0. The zero-order valence-corrected chi connectivity index (χ0v) is 10.2. The Bertz CT molecular complexity index is 514. The van der Waals surface area contributed by atoms with E-state index in [9.17, 15) is 8.78 Å². The molecule has 1 nitrogen and oxygen atoms in total. The molecule has 0 saturated carbocycles. The molecule has 0 saturated heterocycles. The second-order valence-corrected chi connectivity index (χ2v) is 4.42. The highest BCUT2D eigenvalue weighted by molar-refractivity contribution is 5.27. The van der Waals surface area contributed by atoms with Gasteiger partial charge in [0.2, 0.25) is 0 Å². The van der Waals surface area contributed by atoms with Gasteiger partial charge in [-0.1, -0.05) is 35.9 Å². The first-order valence-electron chi connectivity index (χ1n) is 5.83. The van der Waals surface area contributed by atoms with Crippen LogP contribution >= 0.6 is 0 Å². The van der Waals surface area contributed by atoms with Gasteiger partial charge < -0.3 is 5.73 Å². The zero-order chi connectivity index (χ0) is 13.1. The van der Waals surface area contributed by atoms with Crippen molar-refractivity contribution in [3.05, 3.63) is 70.8 Å². The molecule has 3 heteroatoms. The van der Waals surface area contributed by atoms with Crippen LogP contribution in [0.15, 0.2) is 42.5 Å². The van der Waals surface area contributed by atoms with E-state index >= 15 is 0 Å². The first kappa shape index (κ1) is 12.7. The predicted molar refractivity (Wildman–Crippen MR) is 68.2 cm³/mol. The molecule has 0 aliphatic heterocycles. The largest absolute Gasteiger partial charge is 0.324 e. The van der Waals surface area contributed by atoms with Crippen LogP contribution < -0.4 is 5.73 Å². The van der Waals surface area contributed by atoms with E-state index in [1.807, 2.05) is 31.2 Å². The Morgan fingerprint density at radius 2 is 1.56 bits per heavy atom. The summed E-state index contributed by atoms with van der Waals surface area (Å²) in [5.41, 5.74) is 8.03. The second kappa shape index (κ2) is 5.27. The molecule has 2 rings (SSSR count). The number of halogens is 2. The lowest BCUT2D eigenvalue weighted by Gasteiger charge is -2.13. The number of hydrogen-bond donors (Lipinski definition) is 1. The molecular weight excluding hydrogens is 232 g/mol. The Hall–Kier alpha value is -1.74. The Kier molecular flexibility index (Phi) is 3.72. The third-order valence-electron chi connectivity index (χ3n) is 2.99. The molecule has 0 radical (unpaired) electrons. The summed E-state index contributed by atoms with van der Waals surface area (Å²) in [5.74, 6) is -1.09. The van der Waals surface area contributed by atoms with Crippen molar-refractivity contribution in [3.8, 4) is 0 Å². The van der Waals surface area contributed by atoms with E-state index in [1.54, 1.807) is 0 Å².